The second kappa shape index (κ2) is 6.66. The Hall–Kier alpha value is -2.19. The van der Waals surface area contributed by atoms with Gasteiger partial charge in [0.2, 0.25) is 0 Å². The molecule has 2 N–H and O–H groups in total. The van der Waals surface area contributed by atoms with E-state index in [-0.39, 0.29) is 30.2 Å². The molecule has 0 saturated carbocycles. The molecule has 8 nitrogen and oxygen atoms in total. The molecular weight excluding hydrogens is 258 g/mol. The van der Waals surface area contributed by atoms with E-state index in [9.17, 15) is 20.0 Å². The van der Waals surface area contributed by atoms with Crippen LogP contribution in [0.4, 0.5) is 5.69 Å². The number of hydrogen-bond donors (Lipinski definition) is 2. The molecule has 1 aromatic rings. The van der Waals surface area contributed by atoms with Crippen molar-refractivity contribution in [1.29, 1.82) is 0 Å². The van der Waals surface area contributed by atoms with Crippen molar-refractivity contribution >= 4 is 11.7 Å². The van der Waals surface area contributed by atoms with E-state index in [1.165, 1.54) is 13.2 Å². The van der Waals surface area contributed by atoms with Gasteiger partial charge >= 0.3 is 5.97 Å². The number of ether oxygens (including phenoxy) is 2. The molecular formula is C11H13NO7. The molecule has 0 radical (unpaired) electrons. The van der Waals surface area contributed by atoms with Crippen molar-refractivity contribution in [3.63, 3.8) is 0 Å². The Morgan fingerprint density at radius 3 is 2.68 bits per heavy atom. The topological polar surface area (TPSA) is 119 Å². The zero-order chi connectivity index (χ0) is 14.4. The largest absolute Gasteiger partial charge is 0.490 e. The minimum atomic E-state index is -1.35. The second-order valence-corrected chi connectivity index (χ2v) is 3.66. The molecule has 1 unspecified atom stereocenters. The van der Waals surface area contributed by atoms with E-state index in [1.54, 1.807) is 0 Å². The predicted octanol–water partition coefficient (Wildman–Crippen LogP) is 0.679. The maximum Gasteiger partial charge on any atom is 0.339 e. The monoisotopic (exact) mass is 271 g/mol. The van der Waals surface area contributed by atoms with Crippen molar-refractivity contribution in [3.05, 3.63) is 33.9 Å². The fraction of sp³-hybridized carbons (Fsp3) is 0.364. The fourth-order valence-electron chi connectivity index (χ4n) is 1.35. The minimum absolute atomic E-state index is 0.0371. The summed E-state index contributed by atoms with van der Waals surface area (Å²) in [5.74, 6) is -1.40. The second-order valence-electron chi connectivity index (χ2n) is 3.66. The highest BCUT2D eigenvalue weighted by molar-refractivity contribution is 5.91. The third kappa shape index (κ3) is 4.19. The molecule has 8 heteroatoms. The van der Waals surface area contributed by atoms with Crippen LogP contribution in [0, 0.1) is 10.1 Å². The molecule has 0 aliphatic rings. The van der Waals surface area contributed by atoms with Crippen LogP contribution in [-0.4, -0.2) is 47.5 Å². The quantitative estimate of drug-likeness (QED) is 0.552. The summed E-state index contributed by atoms with van der Waals surface area (Å²) in [6, 6.07) is 3.21. The molecule has 0 heterocycles. The number of methoxy groups -OCH3 is 1. The van der Waals surface area contributed by atoms with E-state index >= 15 is 0 Å². The summed E-state index contributed by atoms with van der Waals surface area (Å²) in [7, 11) is 1.40. The lowest BCUT2D eigenvalue weighted by Crippen LogP contribution is -2.23. The molecule has 104 valence electrons. The van der Waals surface area contributed by atoms with Crippen LogP contribution in [0.15, 0.2) is 18.2 Å². The lowest BCUT2D eigenvalue weighted by Gasteiger charge is -2.12. The van der Waals surface area contributed by atoms with Gasteiger partial charge < -0.3 is 19.7 Å². The highest BCUT2D eigenvalue weighted by Crippen LogP contribution is 2.24. The minimum Gasteiger partial charge on any atom is -0.490 e. The molecule has 0 aliphatic carbocycles. The Balaban J connectivity index is 2.88. The smallest absolute Gasteiger partial charge is 0.339 e. The molecule has 0 saturated heterocycles. The van der Waals surface area contributed by atoms with Crippen LogP contribution in [0.25, 0.3) is 0 Å². The standard InChI is InChI=1S/C11H13NO7/c1-18-5-8(13)6-19-10-3-2-7(12(16)17)4-9(10)11(14)15/h2-4,8,13H,5-6H2,1H3,(H,14,15). The molecule has 0 bridgehead atoms. The lowest BCUT2D eigenvalue weighted by atomic mass is 10.2. The van der Waals surface area contributed by atoms with Crippen molar-refractivity contribution in [3.8, 4) is 5.75 Å². The highest BCUT2D eigenvalue weighted by atomic mass is 16.6. The lowest BCUT2D eigenvalue weighted by molar-refractivity contribution is -0.384. The van der Waals surface area contributed by atoms with Gasteiger partial charge in [0, 0.05) is 19.2 Å². The number of nitro groups is 1. The number of benzene rings is 1. The summed E-state index contributed by atoms with van der Waals surface area (Å²) in [6.07, 6.45) is -0.915. The Morgan fingerprint density at radius 2 is 2.16 bits per heavy atom. The molecule has 0 fully saturated rings. The van der Waals surface area contributed by atoms with Crippen molar-refractivity contribution in [2.24, 2.45) is 0 Å². The third-order valence-electron chi connectivity index (χ3n) is 2.19. The van der Waals surface area contributed by atoms with Crippen molar-refractivity contribution in [1.82, 2.24) is 0 Å². The van der Waals surface area contributed by atoms with Crippen LogP contribution < -0.4 is 4.74 Å². The Kier molecular flexibility index (Phi) is 5.22. The first-order valence-electron chi connectivity index (χ1n) is 5.27. The number of nitrogens with zero attached hydrogens (tertiary/aromatic N) is 1. The van der Waals surface area contributed by atoms with E-state index in [0.717, 1.165) is 12.1 Å². The van der Waals surface area contributed by atoms with Gasteiger partial charge in [-0.2, -0.15) is 0 Å². The van der Waals surface area contributed by atoms with E-state index < -0.39 is 17.0 Å². The third-order valence-corrected chi connectivity index (χ3v) is 2.19. The van der Waals surface area contributed by atoms with Gasteiger partial charge in [-0.1, -0.05) is 0 Å². The summed E-state index contributed by atoms with van der Waals surface area (Å²) in [4.78, 5) is 20.8. The molecule has 1 rings (SSSR count). The first-order valence-corrected chi connectivity index (χ1v) is 5.27. The fourth-order valence-corrected chi connectivity index (χ4v) is 1.35. The van der Waals surface area contributed by atoms with Crippen molar-refractivity contribution in [2.75, 3.05) is 20.3 Å². The first-order chi connectivity index (χ1) is 8.95. The number of nitro benzene ring substituents is 1. The normalized spacial score (nSPS) is 11.9. The van der Waals surface area contributed by atoms with E-state index in [1.807, 2.05) is 0 Å². The van der Waals surface area contributed by atoms with E-state index in [4.69, 9.17) is 9.84 Å². The van der Waals surface area contributed by atoms with Crippen LogP contribution in [0.5, 0.6) is 5.75 Å². The summed E-state index contributed by atoms with van der Waals surface area (Å²) < 4.78 is 9.80. The molecule has 0 aromatic heterocycles. The molecule has 19 heavy (non-hydrogen) atoms. The van der Waals surface area contributed by atoms with Crippen molar-refractivity contribution in [2.45, 2.75) is 6.10 Å². The van der Waals surface area contributed by atoms with Gasteiger partial charge in [-0.15, -0.1) is 0 Å². The molecule has 0 spiro atoms. The van der Waals surface area contributed by atoms with Crippen LogP contribution in [0.3, 0.4) is 0 Å². The summed E-state index contributed by atoms with van der Waals surface area (Å²) >= 11 is 0. The molecule has 0 aliphatic heterocycles. The zero-order valence-electron chi connectivity index (χ0n) is 10.1. The number of aliphatic hydroxyl groups is 1. The number of hydrogen-bond acceptors (Lipinski definition) is 6. The van der Waals surface area contributed by atoms with Gasteiger partial charge in [0.15, 0.2) is 0 Å². The van der Waals surface area contributed by atoms with Gasteiger partial charge in [-0.05, 0) is 6.07 Å². The summed E-state index contributed by atoms with van der Waals surface area (Å²) in [5.41, 5.74) is -0.680. The molecule has 1 atom stereocenters. The number of carboxylic acids is 1. The van der Waals surface area contributed by atoms with E-state index in [0.29, 0.717) is 0 Å². The maximum absolute atomic E-state index is 11.0. The van der Waals surface area contributed by atoms with Gasteiger partial charge in [0.1, 0.15) is 24.0 Å². The van der Waals surface area contributed by atoms with Gasteiger partial charge in [0.25, 0.3) is 5.69 Å². The number of non-ortho nitro benzene ring substituents is 1. The zero-order valence-corrected chi connectivity index (χ0v) is 10.1. The maximum atomic E-state index is 11.0. The van der Waals surface area contributed by atoms with Crippen molar-refractivity contribution < 1.29 is 29.4 Å². The number of rotatable bonds is 7. The average Bonchev–Trinajstić information content (AvgIpc) is 2.36. The Morgan fingerprint density at radius 1 is 1.47 bits per heavy atom. The van der Waals surface area contributed by atoms with Gasteiger partial charge in [-0.25, -0.2) is 4.79 Å². The summed E-state index contributed by atoms with van der Waals surface area (Å²) in [5, 5.41) is 28.9. The van der Waals surface area contributed by atoms with Crippen LogP contribution in [0.2, 0.25) is 0 Å². The number of aromatic carboxylic acids is 1. The Labute approximate surface area is 108 Å². The molecule has 1 aromatic carbocycles. The van der Waals surface area contributed by atoms with Crippen LogP contribution >= 0.6 is 0 Å². The number of carbonyl (C=O) groups is 1. The van der Waals surface area contributed by atoms with Gasteiger partial charge in [0.05, 0.1) is 11.5 Å². The number of carboxylic acid groups (broad SMARTS) is 1. The van der Waals surface area contributed by atoms with Crippen LogP contribution in [0.1, 0.15) is 10.4 Å². The predicted molar refractivity (Wildman–Crippen MR) is 63.4 cm³/mol. The Bertz CT molecular complexity index is 474. The summed E-state index contributed by atoms with van der Waals surface area (Å²) in [6.45, 7) is -0.138. The highest BCUT2D eigenvalue weighted by Gasteiger charge is 2.17. The van der Waals surface area contributed by atoms with Crippen LogP contribution in [-0.2, 0) is 4.74 Å². The first kappa shape index (κ1) is 14.9. The van der Waals surface area contributed by atoms with Gasteiger partial charge in [-0.3, -0.25) is 10.1 Å². The average molecular weight is 271 g/mol. The SMILES string of the molecule is COCC(O)COc1ccc([N+](=O)[O-])cc1C(=O)O. The van der Waals surface area contributed by atoms with E-state index in [2.05, 4.69) is 4.74 Å². The number of aliphatic hydroxyl groups excluding tert-OH is 1. The molecule has 0 amide bonds.